The van der Waals surface area contributed by atoms with E-state index in [1.807, 2.05) is 6.92 Å². The van der Waals surface area contributed by atoms with Crippen LogP contribution in [0.1, 0.15) is 15.4 Å². The highest BCUT2D eigenvalue weighted by atomic mass is 32.2. The van der Waals surface area contributed by atoms with E-state index < -0.39 is 10.0 Å². The lowest BCUT2D eigenvalue weighted by molar-refractivity contribution is 0.582. The third-order valence-corrected chi connectivity index (χ3v) is 5.12. The molecule has 0 unspecified atom stereocenters. The Balaban J connectivity index is 2.11. The Kier molecular flexibility index (Phi) is 4.48. The van der Waals surface area contributed by atoms with Gasteiger partial charge in [0.1, 0.15) is 4.99 Å². The standard InChI is InChI=1S/C12H13N3O2S3/c1-8-14-6-10(19-8)7-15-20(16,17)11-4-2-9(3-5-11)12(13)18/h2-6,15H,7H2,1H3,(H2,13,18). The van der Waals surface area contributed by atoms with Crippen LogP contribution in [0.25, 0.3) is 0 Å². The average molecular weight is 327 g/mol. The van der Waals surface area contributed by atoms with Gasteiger partial charge in [0.15, 0.2) is 0 Å². The maximum Gasteiger partial charge on any atom is 0.240 e. The van der Waals surface area contributed by atoms with Crippen molar-refractivity contribution < 1.29 is 8.42 Å². The first kappa shape index (κ1) is 15.0. The highest BCUT2D eigenvalue weighted by Gasteiger charge is 2.14. The van der Waals surface area contributed by atoms with E-state index in [0.29, 0.717) is 5.56 Å². The van der Waals surface area contributed by atoms with Gasteiger partial charge in [0.05, 0.1) is 9.90 Å². The van der Waals surface area contributed by atoms with E-state index >= 15 is 0 Å². The molecule has 2 rings (SSSR count). The van der Waals surface area contributed by atoms with Crippen LogP contribution in [0.15, 0.2) is 35.4 Å². The minimum absolute atomic E-state index is 0.179. The second kappa shape index (κ2) is 5.96. The normalized spacial score (nSPS) is 11.4. The third kappa shape index (κ3) is 3.60. The van der Waals surface area contributed by atoms with Crippen LogP contribution < -0.4 is 10.5 Å². The van der Waals surface area contributed by atoms with Gasteiger partial charge in [0, 0.05) is 23.2 Å². The zero-order chi connectivity index (χ0) is 14.8. The fraction of sp³-hybridized carbons (Fsp3) is 0.167. The number of aromatic nitrogens is 1. The Labute approximate surface area is 126 Å². The van der Waals surface area contributed by atoms with Gasteiger partial charge in [-0.15, -0.1) is 11.3 Å². The second-order valence-corrected chi connectivity index (χ2v) is 7.58. The molecule has 20 heavy (non-hydrogen) atoms. The number of nitrogens with two attached hydrogens (primary N) is 1. The smallest absolute Gasteiger partial charge is 0.240 e. The van der Waals surface area contributed by atoms with Crippen LogP contribution in [-0.4, -0.2) is 18.4 Å². The summed E-state index contributed by atoms with van der Waals surface area (Å²) in [6.07, 6.45) is 1.67. The van der Waals surface area contributed by atoms with Gasteiger partial charge in [-0.3, -0.25) is 0 Å². The summed E-state index contributed by atoms with van der Waals surface area (Å²) in [5, 5.41) is 0.903. The van der Waals surface area contributed by atoms with Crippen LogP contribution >= 0.6 is 23.6 Å². The van der Waals surface area contributed by atoms with Crippen LogP contribution in [-0.2, 0) is 16.6 Å². The number of nitrogens with zero attached hydrogens (tertiary/aromatic N) is 1. The van der Waals surface area contributed by atoms with Crippen molar-refractivity contribution in [3.05, 3.63) is 45.9 Å². The van der Waals surface area contributed by atoms with Gasteiger partial charge in [0.2, 0.25) is 10.0 Å². The van der Waals surface area contributed by atoms with Gasteiger partial charge in [-0.2, -0.15) is 0 Å². The molecule has 0 spiro atoms. The number of hydrogen-bond acceptors (Lipinski definition) is 5. The van der Waals surface area contributed by atoms with E-state index in [-0.39, 0.29) is 16.4 Å². The summed E-state index contributed by atoms with van der Waals surface area (Å²) < 4.78 is 26.7. The predicted octanol–water partition coefficient (Wildman–Crippen LogP) is 1.56. The van der Waals surface area contributed by atoms with E-state index in [0.717, 1.165) is 9.88 Å². The van der Waals surface area contributed by atoms with Crippen molar-refractivity contribution in [2.24, 2.45) is 5.73 Å². The first-order valence-corrected chi connectivity index (χ1v) is 8.40. The monoisotopic (exact) mass is 327 g/mol. The quantitative estimate of drug-likeness (QED) is 0.814. The Morgan fingerprint density at radius 1 is 1.40 bits per heavy atom. The van der Waals surface area contributed by atoms with Crippen molar-refractivity contribution in [3.63, 3.8) is 0 Å². The molecule has 0 radical (unpaired) electrons. The fourth-order valence-electron chi connectivity index (χ4n) is 1.53. The maximum atomic E-state index is 12.1. The minimum Gasteiger partial charge on any atom is -0.389 e. The van der Waals surface area contributed by atoms with Gasteiger partial charge in [-0.25, -0.2) is 18.1 Å². The zero-order valence-electron chi connectivity index (χ0n) is 10.7. The SMILES string of the molecule is Cc1ncc(CNS(=O)(=O)c2ccc(C(N)=S)cc2)s1. The summed E-state index contributed by atoms with van der Waals surface area (Å²) in [4.78, 5) is 5.36. The van der Waals surface area contributed by atoms with Crippen molar-refractivity contribution >= 4 is 38.6 Å². The molecule has 0 aliphatic heterocycles. The molecule has 0 saturated carbocycles. The summed E-state index contributed by atoms with van der Waals surface area (Å²) in [5.74, 6) is 0. The Bertz CT molecular complexity index is 721. The molecule has 0 fully saturated rings. The van der Waals surface area contributed by atoms with E-state index in [1.165, 1.54) is 23.5 Å². The van der Waals surface area contributed by atoms with Gasteiger partial charge < -0.3 is 5.73 Å². The Morgan fingerprint density at radius 2 is 2.05 bits per heavy atom. The van der Waals surface area contributed by atoms with Gasteiger partial charge in [0.25, 0.3) is 0 Å². The van der Waals surface area contributed by atoms with Crippen LogP contribution in [0.4, 0.5) is 0 Å². The minimum atomic E-state index is -3.55. The largest absolute Gasteiger partial charge is 0.389 e. The molecule has 5 nitrogen and oxygen atoms in total. The highest BCUT2D eigenvalue weighted by Crippen LogP contribution is 2.14. The molecule has 106 valence electrons. The molecule has 8 heteroatoms. The van der Waals surface area contributed by atoms with E-state index in [4.69, 9.17) is 18.0 Å². The first-order valence-electron chi connectivity index (χ1n) is 5.69. The molecule has 1 aromatic heterocycles. The molecule has 3 N–H and O–H groups in total. The summed E-state index contributed by atoms with van der Waals surface area (Å²) in [7, 11) is -3.55. The molecule has 0 atom stereocenters. The van der Waals surface area contributed by atoms with Gasteiger partial charge in [-0.05, 0) is 19.1 Å². The van der Waals surface area contributed by atoms with E-state index in [2.05, 4.69) is 9.71 Å². The van der Waals surface area contributed by atoms with Gasteiger partial charge >= 0.3 is 0 Å². The lowest BCUT2D eigenvalue weighted by atomic mass is 10.2. The summed E-state index contributed by atoms with van der Waals surface area (Å²) in [6, 6.07) is 6.14. The molecule has 0 aliphatic carbocycles. The number of aryl methyl sites for hydroxylation is 1. The van der Waals surface area contributed by atoms with Gasteiger partial charge in [-0.1, -0.05) is 24.4 Å². The number of benzene rings is 1. The van der Waals surface area contributed by atoms with Crippen LogP contribution in [0.5, 0.6) is 0 Å². The maximum absolute atomic E-state index is 12.1. The molecule has 1 aromatic carbocycles. The van der Waals surface area contributed by atoms with Crippen LogP contribution in [0.2, 0.25) is 0 Å². The summed E-state index contributed by atoms with van der Waals surface area (Å²) in [5.41, 5.74) is 6.11. The second-order valence-electron chi connectivity index (χ2n) is 4.06. The topological polar surface area (TPSA) is 85.1 Å². The molecular formula is C12H13N3O2S3. The number of hydrogen-bond donors (Lipinski definition) is 2. The number of rotatable bonds is 5. The predicted molar refractivity (Wildman–Crippen MR) is 83.2 cm³/mol. The zero-order valence-corrected chi connectivity index (χ0v) is 13.1. The van der Waals surface area contributed by atoms with Crippen molar-refractivity contribution in [1.82, 2.24) is 9.71 Å². The van der Waals surface area contributed by atoms with Crippen molar-refractivity contribution in [3.8, 4) is 0 Å². The van der Waals surface area contributed by atoms with Crippen LogP contribution in [0.3, 0.4) is 0 Å². The molecule has 0 amide bonds. The third-order valence-electron chi connectivity index (χ3n) is 2.55. The molecular weight excluding hydrogens is 314 g/mol. The Hall–Kier alpha value is -1.35. The summed E-state index contributed by atoms with van der Waals surface area (Å²) in [6.45, 7) is 2.10. The fourth-order valence-corrected chi connectivity index (χ4v) is 3.50. The number of sulfonamides is 1. The average Bonchev–Trinajstić information content (AvgIpc) is 2.82. The number of thiocarbonyl (C=S) groups is 1. The van der Waals surface area contributed by atoms with E-state index in [1.54, 1.807) is 18.3 Å². The molecule has 1 heterocycles. The van der Waals surface area contributed by atoms with Crippen molar-refractivity contribution in [2.75, 3.05) is 0 Å². The van der Waals surface area contributed by atoms with Crippen molar-refractivity contribution in [2.45, 2.75) is 18.4 Å². The van der Waals surface area contributed by atoms with E-state index in [9.17, 15) is 8.42 Å². The Morgan fingerprint density at radius 3 is 2.55 bits per heavy atom. The lowest BCUT2D eigenvalue weighted by Gasteiger charge is -2.06. The molecule has 0 aliphatic rings. The number of nitrogens with one attached hydrogen (secondary N) is 1. The highest BCUT2D eigenvalue weighted by molar-refractivity contribution is 7.89. The number of thiazole rings is 1. The molecule has 0 saturated heterocycles. The lowest BCUT2D eigenvalue weighted by Crippen LogP contribution is -2.23. The van der Waals surface area contributed by atoms with Crippen molar-refractivity contribution in [1.29, 1.82) is 0 Å². The summed E-state index contributed by atoms with van der Waals surface area (Å²) >= 11 is 6.28. The van der Waals surface area contributed by atoms with Crippen LogP contribution in [0, 0.1) is 6.92 Å². The molecule has 0 bridgehead atoms. The first-order chi connectivity index (χ1) is 9.38. The molecule has 2 aromatic rings.